The maximum atomic E-state index is 11.3. The van der Waals surface area contributed by atoms with Crippen molar-refractivity contribution in [3.05, 3.63) is 33.7 Å². The lowest BCUT2D eigenvalue weighted by atomic mass is 9.93. The molecule has 5 heteroatoms. The highest BCUT2D eigenvalue weighted by Gasteiger charge is 2.31. The van der Waals surface area contributed by atoms with Crippen molar-refractivity contribution in [3.8, 4) is 0 Å². The molecule has 0 bridgehead atoms. The maximum Gasteiger partial charge on any atom is 0.248 e. The highest BCUT2D eigenvalue weighted by atomic mass is 16.2. The van der Waals surface area contributed by atoms with Crippen LogP contribution < -0.4 is 5.56 Å². The molecular formula is C9H5NO4. The van der Waals surface area contributed by atoms with Gasteiger partial charge in [0, 0.05) is 11.6 Å². The number of fused-ring (bicyclic) bond motifs is 1. The molecule has 0 amide bonds. The summed E-state index contributed by atoms with van der Waals surface area (Å²) in [5.74, 6) is -2.00. The van der Waals surface area contributed by atoms with Crippen LogP contribution in [0.5, 0.6) is 0 Å². The van der Waals surface area contributed by atoms with E-state index in [4.69, 9.17) is 0 Å². The Labute approximate surface area is 77.8 Å². The molecule has 0 spiro atoms. The zero-order valence-corrected chi connectivity index (χ0v) is 6.99. The minimum Gasteiger partial charge on any atom is -0.318 e. The van der Waals surface area contributed by atoms with Crippen LogP contribution in [0.1, 0.15) is 27.3 Å². The van der Waals surface area contributed by atoms with E-state index in [1.807, 2.05) is 0 Å². The van der Waals surface area contributed by atoms with Gasteiger partial charge >= 0.3 is 0 Å². The Kier molecular flexibility index (Phi) is 1.67. The molecular weight excluding hydrogens is 186 g/mol. The fourth-order valence-electron chi connectivity index (χ4n) is 1.35. The van der Waals surface area contributed by atoms with Crippen molar-refractivity contribution >= 4 is 17.3 Å². The number of aromatic amines is 1. The van der Waals surface area contributed by atoms with Gasteiger partial charge in [0.25, 0.3) is 0 Å². The van der Waals surface area contributed by atoms with Gasteiger partial charge in [-0.05, 0) is 6.07 Å². The van der Waals surface area contributed by atoms with E-state index in [0.29, 0.717) is 0 Å². The van der Waals surface area contributed by atoms with E-state index >= 15 is 0 Å². The second-order valence-electron chi connectivity index (χ2n) is 2.96. The van der Waals surface area contributed by atoms with Gasteiger partial charge in [0.2, 0.25) is 17.1 Å². The molecule has 0 unspecified atom stereocenters. The highest BCUT2D eigenvalue weighted by Crippen LogP contribution is 2.15. The first kappa shape index (κ1) is 8.55. The van der Waals surface area contributed by atoms with Crippen LogP contribution in [-0.2, 0) is 4.79 Å². The minimum atomic E-state index is -0.794. The van der Waals surface area contributed by atoms with Crippen molar-refractivity contribution in [2.24, 2.45) is 0 Å². The van der Waals surface area contributed by atoms with Gasteiger partial charge in [0.15, 0.2) is 5.78 Å². The summed E-state index contributed by atoms with van der Waals surface area (Å²) in [5, 5.41) is 0. The number of Topliss-reactive ketones (excluding diaryl/α,β-unsaturated/α-hetero) is 3. The number of aromatic nitrogens is 1. The molecule has 2 rings (SSSR count). The maximum absolute atomic E-state index is 11.3. The van der Waals surface area contributed by atoms with Crippen molar-refractivity contribution in [1.82, 2.24) is 4.98 Å². The number of nitrogens with one attached hydrogen (secondary N) is 1. The summed E-state index contributed by atoms with van der Waals surface area (Å²) in [7, 11) is 0. The van der Waals surface area contributed by atoms with Crippen molar-refractivity contribution in [1.29, 1.82) is 0 Å². The molecule has 1 aromatic rings. The van der Waals surface area contributed by atoms with Gasteiger partial charge in [0.05, 0.1) is 6.42 Å². The first-order chi connectivity index (χ1) is 6.59. The van der Waals surface area contributed by atoms with Gasteiger partial charge in [-0.2, -0.15) is 0 Å². The van der Waals surface area contributed by atoms with Crippen LogP contribution in [0.2, 0.25) is 0 Å². The number of carbonyl (C=O) groups excluding carboxylic acids is 3. The van der Waals surface area contributed by atoms with Crippen molar-refractivity contribution < 1.29 is 14.4 Å². The summed E-state index contributed by atoms with van der Waals surface area (Å²) in [4.78, 5) is 46.5. The zero-order valence-electron chi connectivity index (χ0n) is 6.99. The molecule has 0 aromatic carbocycles. The Balaban J connectivity index is 2.74. The number of pyridine rings is 1. The fourth-order valence-corrected chi connectivity index (χ4v) is 1.35. The molecule has 0 radical (unpaired) electrons. The zero-order chi connectivity index (χ0) is 10.3. The van der Waals surface area contributed by atoms with Gasteiger partial charge in [-0.3, -0.25) is 19.2 Å². The monoisotopic (exact) mass is 191 g/mol. The molecule has 14 heavy (non-hydrogen) atoms. The first-order valence-electron chi connectivity index (χ1n) is 3.93. The van der Waals surface area contributed by atoms with Crippen molar-refractivity contribution in [3.63, 3.8) is 0 Å². The number of rotatable bonds is 0. The Bertz CT molecular complexity index is 512. The van der Waals surface area contributed by atoms with E-state index in [2.05, 4.69) is 4.98 Å². The van der Waals surface area contributed by atoms with E-state index in [1.54, 1.807) is 0 Å². The topological polar surface area (TPSA) is 84.1 Å². The third-order valence-corrected chi connectivity index (χ3v) is 2.02. The van der Waals surface area contributed by atoms with Crippen LogP contribution in [0.15, 0.2) is 16.9 Å². The van der Waals surface area contributed by atoms with Gasteiger partial charge < -0.3 is 4.98 Å². The Hall–Kier alpha value is -2.04. The van der Waals surface area contributed by atoms with Gasteiger partial charge in [0.1, 0.15) is 5.69 Å². The summed E-state index contributed by atoms with van der Waals surface area (Å²) in [6.07, 6.45) is -0.405. The summed E-state index contributed by atoms with van der Waals surface area (Å²) in [6.45, 7) is 0. The van der Waals surface area contributed by atoms with Gasteiger partial charge in [-0.1, -0.05) is 0 Å². The number of carbonyl (C=O) groups is 3. The molecule has 0 saturated heterocycles. The van der Waals surface area contributed by atoms with E-state index < -0.39 is 29.3 Å². The largest absolute Gasteiger partial charge is 0.318 e. The van der Waals surface area contributed by atoms with Gasteiger partial charge in [-0.25, -0.2) is 0 Å². The fraction of sp³-hybridized carbons (Fsp3) is 0.111. The van der Waals surface area contributed by atoms with Crippen LogP contribution in [0.4, 0.5) is 0 Å². The van der Waals surface area contributed by atoms with E-state index in [0.717, 1.165) is 6.07 Å². The summed E-state index contributed by atoms with van der Waals surface area (Å²) in [6, 6.07) is 2.42. The molecule has 1 aromatic heterocycles. The molecule has 5 nitrogen and oxygen atoms in total. The molecule has 0 atom stereocenters. The number of ketones is 3. The van der Waals surface area contributed by atoms with Crippen LogP contribution >= 0.6 is 0 Å². The second kappa shape index (κ2) is 2.73. The number of hydrogen-bond acceptors (Lipinski definition) is 4. The molecule has 1 aliphatic rings. The van der Waals surface area contributed by atoms with Crippen LogP contribution in [-0.4, -0.2) is 22.3 Å². The molecule has 0 fully saturated rings. The predicted octanol–water partition coefficient (Wildman–Crippen LogP) is -0.287. The second-order valence-corrected chi connectivity index (χ2v) is 2.96. The van der Waals surface area contributed by atoms with Crippen LogP contribution in [0.25, 0.3) is 0 Å². The van der Waals surface area contributed by atoms with Crippen molar-refractivity contribution in [2.45, 2.75) is 6.42 Å². The molecule has 0 saturated carbocycles. The average molecular weight is 191 g/mol. The third kappa shape index (κ3) is 1.10. The third-order valence-electron chi connectivity index (χ3n) is 2.02. The van der Waals surface area contributed by atoms with E-state index in [-0.39, 0.29) is 11.3 Å². The lowest BCUT2D eigenvalue weighted by Crippen LogP contribution is -2.30. The first-order valence-corrected chi connectivity index (χ1v) is 3.93. The standard InChI is InChI=1S/C9H5NO4/c11-5-3-6(12)9(14)8-4(5)1-2-7(13)10-8/h1-2H,3H2,(H,10,13). The Morgan fingerprint density at radius 1 is 1.00 bits per heavy atom. The molecule has 1 heterocycles. The molecule has 1 aliphatic carbocycles. The summed E-state index contributed by atoms with van der Waals surface area (Å²) < 4.78 is 0. The number of hydrogen-bond donors (Lipinski definition) is 1. The quantitative estimate of drug-likeness (QED) is 0.451. The summed E-state index contributed by atoms with van der Waals surface area (Å²) >= 11 is 0. The molecule has 0 aliphatic heterocycles. The lowest BCUT2D eigenvalue weighted by Gasteiger charge is -2.10. The van der Waals surface area contributed by atoms with E-state index in [9.17, 15) is 19.2 Å². The number of H-pyrrole nitrogens is 1. The normalized spacial score (nSPS) is 15.6. The van der Waals surface area contributed by atoms with E-state index in [1.165, 1.54) is 6.07 Å². The molecule has 1 N–H and O–H groups in total. The van der Waals surface area contributed by atoms with Crippen molar-refractivity contribution in [2.75, 3.05) is 0 Å². The Morgan fingerprint density at radius 2 is 1.71 bits per heavy atom. The average Bonchev–Trinajstić information content (AvgIpc) is 2.14. The summed E-state index contributed by atoms with van der Waals surface area (Å²) in [5.41, 5.74) is -0.562. The Morgan fingerprint density at radius 3 is 2.43 bits per heavy atom. The van der Waals surface area contributed by atoms with Crippen LogP contribution in [0.3, 0.4) is 0 Å². The predicted molar refractivity (Wildman–Crippen MR) is 45.3 cm³/mol. The van der Waals surface area contributed by atoms with Gasteiger partial charge in [-0.15, -0.1) is 0 Å². The minimum absolute atomic E-state index is 0.120. The van der Waals surface area contributed by atoms with Crippen LogP contribution in [0, 0.1) is 0 Å². The molecule has 70 valence electrons. The SMILES string of the molecule is O=C1CC(=O)c2ccc(=O)[nH]c2C1=O. The smallest absolute Gasteiger partial charge is 0.248 e. The highest BCUT2D eigenvalue weighted by molar-refractivity contribution is 6.50. The lowest BCUT2D eigenvalue weighted by molar-refractivity contribution is -0.114.